The molecule has 0 spiro atoms. The van der Waals surface area contributed by atoms with Gasteiger partial charge in [0.15, 0.2) is 0 Å². The van der Waals surface area contributed by atoms with Gasteiger partial charge in [0, 0.05) is 11.4 Å². The summed E-state index contributed by atoms with van der Waals surface area (Å²) in [5, 5.41) is 4.53. The van der Waals surface area contributed by atoms with E-state index in [1.54, 1.807) is 0 Å². The number of aryl methyl sites for hydroxylation is 1. The zero-order valence-corrected chi connectivity index (χ0v) is 10.1. The van der Waals surface area contributed by atoms with Crippen molar-refractivity contribution in [2.45, 2.75) is 33.2 Å². The van der Waals surface area contributed by atoms with Gasteiger partial charge in [-0.05, 0) is 50.1 Å². The summed E-state index contributed by atoms with van der Waals surface area (Å²) in [4.78, 5) is 4.58. The highest BCUT2D eigenvalue weighted by molar-refractivity contribution is 5.81. The van der Waals surface area contributed by atoms with Crippen LogP contribution in [0.5, 0.6) is 0 Å². The number of pyridine rings is 1. The van der Waals surface area contributed by atoms with Crippen LogP contribution in [0.4, 0.5) is 5.82 Å². The number of hydrogen-bond acceptors (Lipinski definition) is 2. The molecule has 0 atom stereocenters. The van der Waals surface area contributed by atoms with Gasteiger partial charge in [-0.2, -0.15) is 0 Å². The third-order valence-corrected chi connectivity index (χ3v) is 2.60. The molecule has 0 bridgehead atoms. The van der Waals surface area contributed by atoms with Crippen LogP contribution in [-0.2, 0) is 6.42 Å². The molecule has 0 saturated heterocycles. The lowest BCUT2D eigenvalue weighted by Crippen LogP contribution is -2.10. The molecule has 0 aliphatic heterocycles. The van der Waals surface area contributed by atoms with E-state index in [1.807, 2.05) is 6.07 Å². The van der Waals surface area contributed by atoms with Gasteiger partial charge < -0.3 is 5.32 Å². The number of nitrogens with zero attached hydrogens (tertiary/aromatic N) is 1. The molecule has 1 N–H and O–H groups in total. The second-order valence-corrected chi connectivity index (χ2v) is 4.38. The summed E-state index contributed by atoms with van der Waals surface area (Å²) in [6.45, 7) is 6.40. The molecule has 1 aromatic carbocycles. The summed E-state index contributed by atoms with van der Waals surface area (Å²) in [5.74, 6) is 0.951. The molecule has 0 fully saturated rings. The topological polar surface area (TPSA) is 24.9 Å². The SMILES string of the molecule is CCc1ccc2nc(NC(C)C)ccc2c1. The maximum Gasteiger partial charge on any atom is 0.126 e. The first-order valence-electron chi connectivity index (χ1n) is 5.85. The highest BCUT2D eigenvalue weighted by atomic mass is 15.0. The van der Waals surface area contributed by atoms with Crippen molar-refractivity contribution in [3.63, 3.8) is 0 Å². The third-order valence-electron chi connectivity index (χ3n) is 2.60. The van der Waals surface area contributed by atoms with Crippen molar-refractivity contribution < 1.29 is 0 Å². The highest BCUT2D eigenvalue weighted by Crippen LogP contribution is 2.17. The van der Waals surface area contributed by atoms with Crippen molar-refractivity contribution in [3.05, 3.63) is 35.9 Å². The summed E-state index contributed by atoms with van der Waals surface area (Å²) >= 11 is 0. The molecule has 0 radical (unpaired) electrons. The van der Waals surface area contributed by atoms with Crippen molar-refractivity contribution in [1.82, 2.24) is 4.98 Å². The number of nitrogens with one attached hydrogen (secondary N) is 1. The first kappa shape index (κ1) is 10.9. The predicted octanol–water partition coefficient (Wildman–Crippen LogP) is 3.62. The van der Waals surface area contributed by atoms with Crippen molar-refractivity contribution in [3.8, 4) is 0 Å². The van der Waals surface area contributed by atoms with E-state index in [0.29, 0.717) is 6.04 Å². The van der Waals surface area contributed by atoms with Gasteiger partial charge in [0.2, 0.25) is 0 Å². The Morgan fingerprint density at radius 3 is 2.69 bits per heavy atom. The Kier molecular flexibility index (Phi) is 3.09. The van der Waals surface area contributed by atoms with E-state index in [0.717, 1.165) is 17.8 Å². The van der Waals surface area contributed by atoms with Gasteiger partial charge in [0.05, 0.1) is 5.52 Å². The summed E-state index contributed by atoms with van der Waals surface area (Å²) in [5.41, 5.74) is 2.42. The minimum Gasteiger partial charge on any atom is -0.368 e. The van der Waals surface area contributed by atoms with E-state index in [-0.39, 0.29) is 0 Å². The van der Waals surface area contributed by atoms with E-state index in [9.17, 15) is 0 Å². The fourth-order valence-corrected chi connectivity index (χ4v) is 1.77. The molecule has 0 amide bonds. The highest BCUT2D eigenvalue weighted by Gasteiger charge is 2.00. The quantitative estimate of drug-likeness (QED) is 0.844. The standard InChI is InChI=1S/C14H18N2/c1-4-11-5-7-13-12(9-11)6-8-14(16-13)15-10(2)3/h5-10H,4H2,1-3H3,(H,15,16). The van der Waals surface area contributed by atoms with Crippen molar-refractivity contribution >= 4 is 16.7 Å². The average Bonchev–Trinajstić information content (AvgIpc) is 2.27. The third kappa shape index (κ3) is 2.32. The van der Waals surface area contributed by atoms with E-state index in [1.165, 1.54) is 10.9 Å². The first-order valence-corrected chi connectivity index (χ1v) is 5.85. The largest absolute Gasteiger partial charge is 0.368 e. The number of hydrogen-bond donors (Lipinski definition) is 1. The van der Waals surface area contributed by atoms with Gasteiger partial charge in [-0.3, -0.25) is 0 Å². The van der Waals surface area contributed by atoms with Gasteiger partial charge in [-0.15, -0.1) is 0 Å². The molecule has 2 rings (SSSR count). The smallest absolute Gasteiger partial charge is 0.126 e. The van der Waals surface area contributed by atoms with Gasteiger partial charge >= 0.3 is 0 Å². The van der Waals surface area contributed by atoms with Gasteiger partial charge in [-0.25, -0.2) is 4.98 Å². The van der Waals surface area contributed by atoms with E-state index >= 15 is 0 Å². The van der Waals surface area contributed by atoms with Crippen LogP contribution >= 0.6 is 0 Å². The Hall–Kier alpha value is -1.57. The molecule has 2 aromatic rings. The molecule has 2 heteroatoms. The average molecular weight is 214 g/mol. The van der Waals surface area contributed by atoms with Crippen LogP contribution in [0.1, 0.15) is 26.3 Å². The predicted molar refractivity (Wildman–Crippen MR) is 69.9 cm³/mol. The maximum absolute atomic E-state index is 4.58. The molecule has 2 nitrogen and oxygen atoms in total. The van der Waals surface area contributed by atoms with Gasteiger partial charge in [0.1, 0.15) is 5.82 Å². The van der Waals surface area contributed by atoms with Crippen LogP contribution in [0.3, 0.4) is 0 Å². The monoisotopic (exact) mass is 214 g/mol. The minimum atomic E-state index is 0.417. The summed E-state index contributed by atoms with van der Waals surface area (Å²) < 4.78 is 0. The van der Waals surface area contributed by atoms with E-state index < -0.39 is 0 Å². The number of aromatic nitrogens is 1. The lowest BCUT2D eigenvalue weighted by Gasteiger charge is -2.09. The molecule has 16 heavy (non-hydrogen) atoms. The molecule has 0 aliphatic rings. The summed E-state index contributed by atoms with van der Waals surface area (Å²) in [6, 6.07) is 11.0. The maximum atomic E-state index is 4.58. The Morgan fingerprint density at radius 1 is 1.19 bits per heavy atom. The lowest BCUT2D eigenvalue weighted by atomic mass is 10.1. The Labute approximate surface area is 96.7 Å². The zero-order valence-electron chi connectivity index (χ0n) is 10.1. The normalized spacial score (nSPS) is 11.0. The van der Waals surface area contributed by atoms with Crippen molar-refractivity contribution in [2.75, 3.05) is 5.32 Å². The van der Waals surface area contributed by atoms with Crippen LogP contribution in [0.15, 0.2) is 30.3 Å². The Bertz CT molecular complexity index is 489. The first-order chi connectivity index (χ1) is 7.69. The van der Waals surface area contributed by atoms with Crippen LogP contribution < -0.4 is 5.32 Å². The van der Waals surface area contributed by atoms with E-state index in [2.05, 4.69) is 55.3 Å². The molecular weight excluding hydrogens is 196 g/mol. The summed E-state index contributed by atoms with van der Waals surface area (Å²) in [6.07, 6.45) is 1.07. The molecule has 0 unspecified atom stereocenters. The minimum absolute atomic E-state index is 0.417. The Morgan fingerprint density at radius 2 is 2.00 bits per heavy atom. The molecular formula is C14H18N2. The van der Waals surface area contributed by atoms with Gasteiger partial charge in [0.25, 0.3) is 0 Å². The summed E-state index contributed by atoms with van der Waals surface area (Å²) in [7, 11) is 0. The van der Waals surface area contributed by atoms with E-state index in [4.69, 9.17) is 0 Å². The van der Waals surface area contributed by atoms with Crippen molar-refractivity contribution in [1.29, 1.82) is 0 Å². The van der Waals surface area contributed by atoms with Crippen molar-refractivity contribution in [2.24, 2.45) is 0 Å². The molecule has 1 aromatic heterocycles. The Balaban J connectivity index is 2.39. The fourth-order valence-electron chi connectivity index (χ4n) is 1.77. The van der Waals surface area contributed by atoms with Crippen LogP contribution in [0.25, 0.3) is 10.9 Å². The fraction of sp³-hybridized carbons (Fsp3) is 0.357. The number of fused-ring (bicyclic) bond motifs is 1. The zero-order chi connectivity index (χ0) is 11.5. The number of rotatable bonds is 3. The van der Waals surface area contributed by atoms with Crippen LogP contribution in [0.2, 0.25) is 0 Å². The molecule has 0 aliphatic carbocycles. The second kappa shape index (κ2) is 4.52. The number of anilines is 1. The van der Waals surface area contributed by atoms with Crippen LogP contribution in [0, 0.1) is 0 Å². The molecule has 84 valence electrons. The lowest BCUT2D eigenvalue weighted by molar-refractivity contribution is 0.891. The van der Waals surface area contributed by atoms with Crippen LogP contribution in [-0.4, -0.2) is 11.0 Å². The number of benzene rings is 1. The molecule has 1 heterocycles. The molecule has 0 saturated carbocycles. The van der Waals surface area contributed by atoms with Gasteiger partial charge in [-0.1, -0.05) is 13.0 Å². The second-order valence-electron chi connectivity index (χ2n) is 4.38.